The Morgan fingerprint density at radius 3 is 1.40 bits per heavy atom. The number of hydrogen-bond acceptors (Lipinski definition) is 0. The molecule has 1 aromatic carbocycles. The van der Waals surface area contributed by atoms with Gasteiger partial charge in [0.05, 0.1) is 5.69 Å². The fourth-order valence-electron chi connectivity index (χ4n) is 1.75. The lowest BCUT2D eigenvalue weighted by Gasteiger charge is -2.26. The molecule has 0 fully saturated rings. The van der Waals surface area contributed by atoms with Crippen LogP contribution in [0, 0.1) is 0 Å². The summed E-state index contributed by atoms with van der Waals surface area (Å²) >= 11 is 0. The molecular formula is C14H21N. The zero-order chi connectivity index (χ0) is 11.9. The smallest absolute Gasteiger partial charge is 0.0931 e. The Morgan fingerprint density at radius 1 is 0.800 bits per heavy atom. The molecule has 1 nitrogen and oxygen atoms in total. The SMILES string of the molecule is CC(C)(C)c1cccc(C(C)(C)C)c1[N]. The molecule has 0 aliphatic carbocycles. The Kier molecular flexibility index (Phi) is 2.86. The first-order valence-electron chi connectivity index (χ1n) is 5.47. The van der Waals surface area contributed by atoms with Gasteiger partial charge >= 0.3 is 0 Å². The van der Waals surface area contributed by atoms with Crippen LogP contribution in [0.2, 0.25) is 0 Å². The van der Waals surface area contributed by atoms with Gasteiger partial charge < -0.3 is 0 Å². The van der Waals surface area contributed by atoms with Crippen LogP contribution >= 0.6 is 0 Å². The van der Waals surface area contributed by atoms with E-state index in [9.17, 15) is 5.73 Å². The highest BCUT2D eigenvalue weighted by atomic mass is 14.6. The second-order valence-corrected chi connectivity index (χ2v) is 6.20. The lowest BCUT2D eigenvalue weighted by Crippen LogP contribution is -2.17. The maximum Gasteiger partial charge on any atom is 0.0931 e. The third kappa shape index (κ3) is 2.53. The van der Waals surface area contributed by atoms with Crippen molar-refractivity contribution < 1.29 is 0 Å². The molecule has 0 saturated carbocycles. The van der Waals surface area contributed by atoms with Crippen molar-refractivity contribution in [2.75, 3.05) is 0 Å². The van der Waals surface area contributed by atoms with Gasteiger partial charge in [-0.1, -0.05) is 59.7 Å². The molecular weight excluding hydrogens is 182 g/mol. The van der Waals surface area contributed by atoms with E-state index in [0.717, 1.165) is 11.1 Å². The normalized spacial score (nSPS) is 12.9. The molecule has 0 saturated heterocycles. The van der Waals surface area contributed by atoms with E-state index in [-0.39, 0.29) is 10.8 Å². The summed E-state index contributed by atoms with van der Waals surface area (Å²) in [6.45, 7) is 12.7. The zero-order valence-electron chi connectivity index (χ0n) is 10.7. The molecule has 0 N–H and O–H groups in total. The monoisotopic (exact) mass is 203 g/mol. The van der Waals surface area contributed by atoms with Gasteiger partial charge in [-0.2, -0.15) is 0 Å². The van der Waals surface area contributed by atoms with Gasteiger partial charge in [-0.15, -0.1) is 5.73 Å². The highest BCUT2D eigenvalue weighted by molar-refractivity contribution is 5.56. The Balaban J connectivity index is 3.37. The number of rotatable bonds is 0. The van der Waals surface area contributed by atoms with Crippen molar-refractivity contribution in [1.82, 2.24) is 5.73 Å². The first-order valence-corrected chi connectivity index (χ1v) is 5.47. The summed E-state index contributed by atoms with van der Waals surface area (Å²) in [5, 5.41) is 0. The summed E-state index contributed by atoms with van der Waals surface area (Å²) in [6.07, 6.45) is 0. The molecule has 0 atom stereocenters. The summed E-state index contributed by atoms with van der Waals surface area (Å²) in [6, 6.07) is 6.04. The average Bonchev–Trinajstić information content (AvgIpc) is 1.99. The second-order valence-electron chi connectivity index (χ2n) is 6.20. The third-order valence-corrected chi connectivity index (χ3v) is 2.65. The van der Waals surface area contributed by atoms with E-state index in [1.165, 1.54) is 0 Å². The third-order valence-electron chi connectivity index (χ3n) is 2.65. The molecule has 0 spiro atoms. The van der Waals surface area contributed by atoms with E-state index in [1.54, 1.807) is 0 Å². The van der Waals surface area contributed by atoms with Crippen LogP contribution < -0.4 is 5.73 Å². The van der Waals surface area contributed by atoms with Crippen molar-refractivity contribution in [3.63, 3.8) is 0 Å². The molecule has 1 heteroatoms. The molecule has 15 heavy (non-hydrogen) atoms. The van der Waals surface area contributed by atoms with E-state index in [1.807, 2.05) is 18.2 Å². The summed E-state index contributed by atoms with van der Waals surface area (Å²) < 4.78 is 0. The number of hydrogen-bond donors (Lipinski definition) is 0. The van der Waals surface area contributed by atoms with E-state index in [0.29, 0.717) is 5.69 Å². The zero-order valence-corrected chi connectivity index (χ0v) is 10.7. The van der Waals surface area contributed by atoms with Crippen LogP contribution in [-0.2, 0) is 10.8 Å². The van der Waals surface area contributed by atoms with E-state index in [4.69, 9.17) is 0 Å². The standard InChI is InChI=1S/C14H21N/c1-13(2,3)10-8-7-9-11(12(10)15)14(4,5)6/h7-9H,1-6H3. The molecule has 82 valence electrons. The summed E-state index contributed by atoms with van der Waals surface area (Å²) in [5.41, 5.74) is 12.7. The molecule has 0 unspecified atom stereocenters. The van der Waals surface area contributed by atoms with Crippen LogP contribution in [0.3, 0.4) is 0 Å². The highest BCUT2D eigenvalue weighted by Gasteiger charge is 2.24. The van der Waals surface area contributed by atoms with Crippen LogP contribution in [0.15, 0.2) is 18.2 Å². The van der Waals surface area contributed by atoms with Gasteiger partial charge in [-0.05, 0) is 22.0 Å². The average molecular weight is 203 g/mol. The van der Waals surface area contributed by atoms with Crippen molar-refractivity contribution in [3.05, 3.63) is 29.3 Å². The summed E-state index contributed by atoms with van der Waals surface area (Å²) in [7, 11) is 0. The van der Waals surface area contributed by atoms with Crippen LogP contribution in [0.4, 0.5) is 5.69 Å². The van der Waals surface area contributed by atoms with Gasteiger partial charge in [0, 0.05) is 0 Å². The van der Waals surface area contributed by atoms with Crippen LogP contribution in [0.1, 0.15) is 52.7 Å². The predicted molar refractivity (Wildman–Crippen MR) is 65.6 cm³/mol. The first kappa shape index (κ1) is 12.1. The molecule has 1 rings (SSSR count). The maximum atomic E-state index is 10.3. The Bertz CT molecular complexity index is 318. The summed E-state index contributed by atoms with van der Waals surface area (Å²) in [5.74, 6) is 0. The van der Waals surface area contributed by atoms with Gasteiger partial charge in [0.25, 0.3) is 0 Å². The lowest BCUT2D eigenvalue weighted by molar-refractivity contribution is 0.570. The first-order chi connectivity index (χ1) is 6.64. The number of nitrogens with zero attached hydrogens (tertiary/aromatic N) is 1. The predicted octanol–water partition coefficient (Wildman–Crippen LogP) is 3.98. The van der Waals surface area contributed by atoms with E-state index in [2.05, 4.69) is 41.5 Å². The van der Waals surface area contributed by atoms with Gasteiger partial charge in [0.1, 0.15) is 0 Å². The molecule has 0 aliphatic heterocycles. The van der Waals surface area contributed by atoms with Crippen LogP contribution in [0.5, 0.6) is 0 Å². The van der Waals surface area contributed by atoms with Gasteiger partial charge in [-0.25, -0.2) is 0 Å². The van der Waals surface area contributed by atoms with Gasteiger partial charge in [0.2, 0.25) is 0 Å². The minimum Gasteiger partial charge on any atom is -0.150 e. The molecule has 0 heterocycles. The van der Waals surface area contributed by atoms with E-state index >= 15 is 0 Å². The molecule has 2 radical (unpaired) electrons. The van der Waals surface area contributed by atoms with Crippen molar-refractivity contribution in [2.45, 2.75) is 52.4 Å². The van der Waals surface area contributed by atoms with Gasteiger partial charge in [-0.3, -0.25) is 0 Å². The molecule has 1 aromatic rings. The Hall–Kier alpha value is -0.980. The fourth-order valence-corrected chi connectivity index (χ4v) is 1.75. The van der Waals surface area contributed by atoms with Crippen molar-refractivity contribution in [3.8, 4) is 0 Å². The minimum atomic E-state index is -0.00859. The van der Waals surface area contributed by atoms with Crippen LogP contribution in [0.25, 0.3) is 0 Å². The molecule has 0 amide bonds. The quantitative estimate of drug-likeness (QED) is 0.608. The van der Waals surface area contributed by atoms with Crippen molar-refractivity contribution >= 4 is 5.69 Å². The largest absolute Gasteiger partial charge is 0.150 e. The van der Waals surface area contributed by atoms with Crippen LogP contribution in [-0.4, -0.2) is 0 Å². The molecule has 0 aromatic heterocycles. The van der Waals surface area contributed by atoms with Crippen molar-refractivity contribution in [1.29, 1.82) is 0 Å². The van der Waals surface area contributed by atoms with E-state index < -0.39 is 0 Å². The summed E-state index contributed by atoms with van der Waals surface area (Å²) in [4.78, 5) is 0. The lowest BCUT2D eigenvalue weighted by atomic mass is 9.79. The minimum absolute atomic E-state index is 0.00859. The highest BCUT2D eigenvalue weighted by Crippen LogP contribution is 2.36. The Labute approximate surface area is 93.7 Å². The molecule has 0 aliphatic rings. The fraction of sp³-hybridized carbons (Fsp3) is 0.571. The number of benzene rings is 1. The second kappa shape index (κ2) is 3.55. The van der Waals surface area contributed by atoms with Gasteiger partial charge in [0.15, 0.2) is 0 Å². The maximum absolute atomic E-state index is 10.3. The topological polar surface area (TPSA) is 22.3 Å². The van der Waals surface area contributed by atoms with Crippen molar-refractivity contribution in [2.24, 2.45) is 0 Å². The Morgan fingerprint density at radius 2 is 1.13 bits per heavy atom. The molecule has 0 bridgehead atoms.